The lowest BCUT2D eigenvalue weighted by Gasteiger charge is -2.13. The van der Waals surface area contributed by atoms with Crippen molar-refractivity contribution in [3.05, 3.63) is 6.08 Å². The Morgan fingerprint density at radius 2 is 2.00 bits per heavy atom. The minimum Gasteiger partial charge on any atom is -0.385 e. The third-order valence-corrected chi connectivity index (χ3v) is 1.80. The van der Waals surface area contributed by atoms with Gasteiger partial charge in [-0.25, -0.2) is 4.79 Å². The van der Waals surface area contributed by atoms with Crippen LogP contribution in [0.1, 0.15) is 25.7 Å². The zero-order valence-electron chi connectivity index (χ0n) is 5.26. The van der Waals surface area contributed by atoms with Crippen LogP contribution in [0.15, 0.2) is 6.08 Å². The van der Waals surface area contributed by atoms with E-state index in [0.717, 1.165) is 25.7 Å². The minimum absolute atomic E-state index is 0.724. The fourth-order valence-corrected chi connectivity index (χ4v) is 1.24. The maximum Gasteiger partial charge on any atom is 0.123 e. The van der Waals surface area contributed by atoms with Gasteiger partial charge in [-0.2, -0.15) is 0 Å². The molecule has 1 fully saturated rings. The molecule has 1 N–H and O–H groups in total. The standard InChI is InChI=1S/C7H10O2/c8-6-5-7(9)3-1-2-4-7/h5,9H,1-4H2. The normalized spacial score (nSPS) is 23.2. The first kappa shape index (κ1) is 6.53. The van der Waals surface area contributed by atoms with Gasteiger partial charge in [-0.15, -0.1) is 0 Å². The lowest BCUT2D eigenvalue weighted by molar-refractivity contribution is 0.100. The molecule has 1 saturated carbocycles. The van der Waals surface area contributed by atoms with Crippen molar-refractivity contribution < 1.29 is 9.90 Å². The van der Waals surface area contributed by atoms with Crippen molar-refractivity contribution in [3.8, 4) is 0 Å². The van der Waals surface area contributed by atoms with Gasteiger partial charge < -0.3 is 5.11 Å². The molecule has 0 aromatic heterocycles. The third kappa shape index (κ3) is 1.41. The summed E-state index contributed by atoms with van der Waals surface area (Å²) < 4.78 is 0. The Bertz CT molecular complexity index is 139. The fourth-order valence-electron chi connectivity index (χ4n) is 1.24. The Kier molecular flexibility index (Phi) is 1.70. The first-order valence-corrected chi connectivity index (χ1v) is 3.21. The molecule has 0 amide bonds. The molecule has 0 aromatic rings. The van der Waals surface area contributed by atoms with E-state index in [0.29, 0.717) is 0 Å². The van der Waals surface area contributed by atoms with Crippen molar-refractivity contribution in [2.45, 2.75) is 31.3 Å². The van der Waals surface area contributed by atoms with Crippen LogP contribution in [0.25, 0.3) is 0 Å². The van der Waals surface area contributed by atoms with E-state index in [2.05, 4.69) is 0 Å². The molecular formula is C7H10O2. The molecule has 0 saturated heterocycles. The molecule has 0 unspecified atom stereocenters. The zero-order valence-corrected chi connectivity index (χ0v) is 5.26. The van der Waals surface area contributed by atoms with Gasteiger partial charge >= 0.3 is 0 Å². The van der Waals surface area contributed by atoms with E-state index >= 15 is 0 Å². The Labute approximate surface area is 54.2 Å². The minimum atomic E-state index is -0.804. The Balaban J connectivity index is 2.61. The van der Waals surface area contributed by atoms with Crippen LogP contribution in [0.2, 0.25) is 0 Å². The highest BCUT2D eigenvalue weighted by atomic mass is 16.3. The van der Waals surface area contributed by atoms with Gasteiger partial charge in [-0.1, -0.05) is 12.8 Å². The van der Waals surface area contributed by atoms with Crippen LogP contribution in [0, 0.1) is 0 Å². The lowest BCUT2D eigenvalue weighted by atomic mass is 10.0. The second-order valence-electron chi connectivity index (χ2n) is 2.57. The molecule has 1 rings (SSSR count). The molecule has 2 nitrogen and oxygen atoms in total. The Hall–Kier alpha value is -0.590. The van der Waals surface area contributed by atoms with Gasteiger partial charge in [0.25, 0.3) is 0 Å². The van der Waals surface area contributed by atoms with Gasteiger partial charge in [-0.3, -0.25) is 0 Å². The quantitative estimate of drug-likeness (QED) is 0.524. The first-order chi connectivity index (χ1) is 4.27. The molecule has 0 atom stereocenters. The summed E-state index contributed by atoms with van der Waals surface area (Å²) in [5.74, 6) is 1.63. The molecule has 0 spiro atoms. The van der Waals surface area contributed by atoms with E-state index in [9.17, 15) is 9.90 Å². The van der Waals surface area contributed by atoms with Gasteiger partial charge in [0.2, 0.25) is 0 Å². The number of hydrogen-bond acceptors (Lipinski definition) is 2. The van der Waals surface area contributed by atoms with Crippen LogP contribution in [0.5, 0.6) is 0 Å². The Morgan fingerprint density at radius 1 is 1.44 bits per heavy atom. The van der Waals surface area contributed by atoms with E-state index in [1.54, 1.807) is 5.94 Å². The summed E-state index contributed by atoms with van der Waals surface area (Å²) in [5.41, 5.74) is -0.804. The smallest absolute Gasteiger partial charge is 0.123 e. The van der Waals surface area contributed by atoms with Gasteiger partial charge in [-0.05, 0) is 12.8 Å². The van der Waals surface area contributed by atoms with Crippen LogP contribution in [0.4, 0.5) is 0 Å². The van der Waals surface area contributed by atoms with E-state index < -0.39 is 5.60 Å². The molecule has 50 valence electrons. The number of aliphatic hydroxyl groups is 1. The summed E-state index contributed by atoms with van der Waals surface area (Å²) in [5, 5.41) is 9.37. The van der Waals surface area contributed by atoms with Crippen LogP contribution in [0.3, 0.4) is 0 Å². The van der Waals surface area contributed by atoms with Gasteiger partial charge in [0.1, 0.15) is 5.94 Å². The molecule has 9 heavy (non-hydrogen) atoms. The monoisotopic (exact) mass is 126 g/mol. The maximum absolute atomic E-state index is 9.83. The summed E-state index contributed by atoms with van der Waals surface area (Å²) in [6.07, 6.45) is 4.73. The van der Waals surface area contributed by atoms with E-state index in [1.807, 2.05) is 0 Å². The van der Waals surface area contributed by atoms with Crippen LogP contribution >= 0.6 is 0 Å². The van der Waals surface area contributed by atoms with E-state index in [-0.39, 0.29) is 0 Å². The molecular weight excluding hydrogens is 116 g/mol. The number of carbonyl (C=O) groups excluding carboxylic acids is 1. The molecule has 1 aliphatic carbocycles. The molecule has 2 heteroatoms. The zero-order chi connectivity index (χ0) is 6.74. The fraction of sp³-hybridized carbons (Fsp3) is 0.714. The second-order valence-corrected chi connectivity index (χ2v) is 2.57. The van der Waals surface area contributed by atoms with Gasteiger partial charge in [0.15, 0.2) is 0 Å². The highest BCUT2D eigenvalue weighted by Gasteiger charge is 2.28. The molecule has 1 aliphatic rings. The predicted molar refractivity (Wildman–Crippen MR) is 33.7 cm³/mol. The van der Waals surface area contributed by atoms with Crippen LogP contribution in [-0.2, 0) is 4.79 Å². The van der Waals surface area contributed by atoms with Crippen LogP contribution in [-0.4, -0.2) is 16.6 Å². The average molecular weight is 126 g/mol. The van der Waals surface area contributed by atoms with Crippen molar-refractivity contribution in [1.29, 1.82) is 0 Å². The van der Waals surface area contributed by atoms with E-state index in [1.165, 1.54) is 6.08 Å². The molecule has 0 bridgehead atoms. The summed E-state index contributed by atoms with van der Waals surface area (Å²) in [7, 11) is 0. The number of rotatable bonds is 1. The van der Waals surface area contributed by atoms with Crippen LogP contribution < -0.4 is 0 Å². The molecule has 0 radical (unpaired) electrons. The topological polar surface area (TPSA) is 37.3 Å². The largest absolute Gasteiger partial charge is 0.385 e. The summed E-state index contributed by atoms with van der Waals surface area (Å²) in [6, 6.07) is 0. The molecule has 0 aliphatic heterocycles. The van der Waals surface area contributed by atoms with Crippen molar-refractivity contribution >= 4 is 5.94 Å². The lowest BCUT2D eigenvalue weighted by Crippen LogP contribution is -2.20. The van der Waals surface area contributed by atoms with Gasteiger partial charge in [0.05, 0.1) is 5.60 Å². The Morgan fingerprint density at radius 3 is 2.44 bits per heavy atom. The van der Waals surface area contributed by atoms with Gasteiger partial charge in [0, 0.05) is 6.08 Å². The van der Waals surface area contributed by atoms with Crippen molar-refractivity contribution in [1.82, 2.24) is 0 Å². The molecule has 0 heterocycles. The highest BCUT2D eigenvalue weighted by Crippen LogP contribution is 2.29. The molecule has 0 aromatic carbocycles. The summed E-state index contributed by atoms with van der Waals surface area (Å²) in [6.45, 7) is 0. The summed E-state index contributed by atoms with van der Waals surface area (Å²) in [4.78, 5) is 9.83. The average Bonchev–Trinajstić information content (AvgIpc) is 2.16. The predicted octanol–water partition coefficient (Wildman–Crippen LogP) is 0.679. The summed E-state index contributed by atoms with van der Waals surface area (Å²) >= 11 is 0. The number of hydrogen-bond donors (Lipinski definition) is 1. The van der Waals surface area contributed by atoms with E-state index in [4.69, 9.17) is 0 Å². The SMILES string of the molecule is O=C=CC1(O)CCCC1. The van der Waals surface area contributed by atoms with Crippen molar-refractivity contribution in [2.24, 2.45) is 0 Å². The maximum atomic E-state index is 9.83. The second kappa shape index (κ2) is 2.34. The highest BCUT2D eigenvalue weighted by molar-refractivity contribution is 5.48. The van der Waals surface area contributed by atoms with Crippen molar-refractivity contribution in [2.75, 3.05) is 0 Å². The van der Waals surface area contributed by atoms with Crippen molar-refractivity contribution in [3.63, 3.8) is 0 Å². The third-order valence-electron chi connectivity index (χ3n) is 1.80. The first-order valence-electron chi connectivity index (χ1n) is 3.21.